The number of halogens is 3. The van der Waals surface area contributed by atoms with E-state index >= 15 is 0 Å². The van der Waals surface area contributed by atoms with Gasteiger partial charge < -0.3 is 15.2 Å². The van der Waals surface area contributed by atoms with E-state index in [1.54, 1.807) is 0 Å². The molecule has 1 aromatic carbocycles. The minimum absolute atomic E-state index is 0.0306. The fourth-order valence-electron chi connectivity index (χ4n) is 1.92. The van der Waals surface area contributed by atoms with Gasteiger partial charge in [0.1, 0.15) is 11.6 Å². The lowest BCUT2D eigenvalue weighted by molar-refractivity contribution is -0.149. The Balaban J connectivity index is 1.93. The Labute approximate surface area is 116 Å². The maximum absolute atomic E-state index is 13.5. The summed E-state index contributed by atoms with van der Waals surface area (Å²) in [6.45, 7) is 0.238. The van der Waals surface area contributed by atoms with Gasteiger partial charge in [0.2, 0.25) is 0 Å². The van der Waals surface area contributed by atoms with Crippen LogP contribution in [-0.4, -0.2) is 29.8 Å². The van der Waals surface area contributed by atoms with Crippen LogP contribution in [0.15, 0.2) is 16.6 Å². The van der Waals surface area contributed by atoms with Crippen molar-refractivity contribution in [2.75, 3.05) is 11.9 Å². The molecule has 2 N–H and O–H groups in total. The zero-order valence-corrected chi connectivity index (χ0v) is 11.4. The first-order valence-electron chi connectivity index (χ1n) is 5.74. The highest BCUT2D eigenvalue weighted by molar-refractivity contribution is 9.10. The van der Waals surface area contributed by atoms with E-state index in [0.717, 1.165) is 12.1 Å². The number of rotatable bonds is 4. The molecule has 1 aromatic rings. The Morgan fingerprint density at radius 3 is 2.79 bits per heavy atom. The average molecular weight is 336 g/mol. The van der Waals surface area contributed by atoms with Crippen LogP contribution < -0.4 is 5.32 Å². The van der Waals surface area contributed by atoms with Crippen molar-refractivity contribution >= 4 is 27.6 Å². The second kappa shape index (κ2) is 5.83. The molecule has 0 amide bonds. The van der Waals surface area contributed by atoms with E-state index in [4.69, 9.17) is 9.84 Å². The van der Waals surface area contributed by atoms with Crippen molar-refractivity contribution < 1.29 is 23.4 Å². The first-order chi connectivity index (χ1) is 8.97. The van der Waals surface area contributed by atoms with Crippen LogP contribution in [0.1, 0.15) is 12.8 Å². The van der Waals surface area contributed by atoms with E-state index in [1.807, 2.05) is 0 Å². The van der Waals surface area contributed by atoms with Crippen LogP contribution in [0.3, 0.4) is 0 Å². The van der Waals surface area contributed by atoms with Gasteiger partial charge in [-0.3, -0.25) is 0 Å². The molecule has 1 heterocycles. The minimum atomic E-state index is -0.997. The second-order valence-corrected chi connectivity index (χ2v) is 5.14. The van der Waals surface area contributed by atoms with Gasteiger partial charge in [0, 0.05) is 12.6 Å². The van der Waals surface area contributed by atoms with E-state index in [2.05, 4.69) is 21.2 Å². The molecule has 0 aromatic heterocycles. The van der Waals surface area contributed by atoms with Crippen molar-refractivity contribution in [1.29, 1.82) is 0 Å². The normalized spacial score (nSPS) is 22.5. The van der Waals surface area contributed by atoms with Gasteiger partial charge in [-0.25, -0.2) is 13.6 Å². The number of benzene rings is 1. The van der Waals surface area contributed by atoms with Crippen molar-refractivity contribution in [2.24, 2.45) is 0 Å². The maximum atomic E-state index is 13.5. The Bertz CT molecular complexity index is 498. The van der Waals surface area contributed by atoms with Gasteiger partial charge >= 0.3 is 5.97 Å². The molecule has 2 rings (SSSR count). The summed E-state index contributed by atoms with van der Waals surface area (Å²) in [6, 6.07) is 2.08. The average Bonchev–Trinajstić information content (AvgIpc) is 2.81. The van der Waals surface area contributed by atoms with Crippen LogP contribution in [0.4, 0.5) is 14.5 Å². The molecule has 0 bridgehead atoms. The lowest BCUT2D eigenvalue weighted by Gasteiger charge is -2.14. The third-order valence-corrected chi connectivity index (χ3v) is 3.52. The predicted molar refractivity (Wildman–Crippen MR) is 68.1 cm³/mol. The third-order valence-electron chi connectivity index (χ3n) is 2.91. The number of hydrogen-bond donors (Lipinski definition) is 2. The number of carboxylic acid groups (broad SMARTS) is 1. The third kappa shape index (κ3) is 3.42. The van der Waals surface area contributed by atoms with Gasteiger partial charge in [0.25, 0.3) is 0 Å². The molecule has 2 unspecified atom stereocenters. The van der Waals surface area contributed by atoms with Crippen LogP contribution in [0, 0.1) is 11.6 Å². The number of carboxylic acids is 1. The zero-order valence-electron chi connectivity index (χ0n) is 9.83. The number of nitrogens with one attached hydrogen (secondary N) is 1. The molecule has 1 fully saturated rings. The van der Waals surface area contributed by atoms with Crippen molar-refractivity contribution in [3.63, 3.8) is 0 Å². The quantitative estimate of drug-likeness (QED) is 0.830. The number of carbonyl (C=O) groups is 1. The highest BCUT2D eigenvalue weighted by Gasteiger charge is 2.30. The Morgan fingerprint density at radius 1 is 1.42 bits per heavy atom. The van der Waals surface area contributed by atoms with E-state index in [9.17, 15) is 13.6 Å². The summed E-state index contributed by atoms with van der Waals surface area (Å²) in [6.07, 6.45) is -0.116. The lowest BCUT2D eigenvalue weighted by Crippen LogP contribution is -2.24. The standard InChI is InChI=1S/C12H12BrF2NO3/c13-7-3-9(15)10(4-8(7)14)16-5-6-1-2-11(19-6)12(17)18/h3-4,6,11,16H,1-2,5H2,(H,17,18). The zero-order chi connectivity index (χ0) is 14.0. The summed E-state index contributed by atoms with van der Waals surface area (Å²) in [7, 11) is 0. The number of aliphatic carboxylic acids is 1. The van der Waals surface area contributed by atoms with E-state index < -0.39 is 23.7 Å². The van der Waals surface area contributed by atoms with Crippen molar-refractivity contribution in [1.82, 2.24) is 0 Å². The Kier molecular flexibility index (Phi) is 4.36. The van der Waals surface area contributed by atoms with Gasteiger partial charge in [-0.1, -0.05) is 0 Å². The van der Waals surface area contributed by atoms with Crippen molar-refractivity contribution in [2.45, 2.75) is 25.0 Å². The van der Waals surface area contributed by atoms with Crippen LogP contribution in [0.25, 0.3) is 0 Å². The largest absolute Gasteiger partial charge is 0.479 e. The van der Waals surface area contributed by atoms with E-state index in [0.29, 0.717) is 12.8 Å². The molecular weight excluding hydrogens is 324 g/mol. The molecule has 1 aliphatic rings. The molecule has 0 aliphatic carbocycles. The Hall–Kier alpha value is -1.21. The summed E-state index contributed by atoms with van der Waals surface area (Å²) in [5.74, 6) is -2.15. The highest BCUT2D eigenvalue weighted by Crippen LogP contribution is 2.25. The molecular formula is C12H12BrF2NO3. The van der Waals surface area contributed by atoms with Gasteiger partial charge in [-0.2, -0.15) is 0 Å². The fourth-order valence-corrected chi connectivity index (χ4v) is 2.23. The lowest BCUT2D eigenvalue weighted by atomic mass is 10.2. The summed E-state index contributed by atoms with van der Waals surface area (Å²) in [5, 5.41) is 11.5. The smallest absolute Gasteiger partial charge is 0.332 e. The molecule has 1 aliphatic heterocycles. The van der Waals surface area contributed by atoms with Gasteiger partial charge in [0.15, 0.2) is 6.10 Å². The minimum Gasteiger partial charge on any atom is -0.479 e. The molecule has 19 heavy (non-hydrogen) atoms. The Morgan fingerprint density at radius 2 is 2.16 bits per heavy atom. The van der Waals surface area contributed by atoms with Crippen molar-refractivity contribution in [3.8, 4) is 0 Å². The SMILES string of the molecule is O=C(O)C1CCC(CNc2cc(F)c(Br)cc2F)O1. The maximum Gasteiger partial charge on any atom is 0.332 e. The monoisotopic (exact) mass is 335 g/mol. The molecule has 2 atom stereocenters. The molecule has 0 spiro atoms. The summed E-state index contributed by atoms with van der Waals surface area (Å²) in [5.41, 5.74) is 0.0306. The van der Waals surface area contributed by atoms with Crippen LogP contribution in [-0.2, 0) is 9.53 Å². The molecule has 104 valence electrons. The van der Waals surface area contributed by atoms with Gasteiger partial charge in [0.05, 0.1) is 16.3 Å². The molecule has 4 nitrogen and oxygen atoms in total. The number of ether oxygens (including phenoxy) is 1. The first-order valence-corrected chi connectivity index (χ1v) is 6.53. The molecule has 0 radical (unpaired) electrons. The molecule has 7 heteroatoms. The van der Waals surface area contributed by atoms with Crippen LogP contribution in [0.5, 0.6) is 0 Å². The summed E-state index contributed by atoms with van der Waals surface area (Å²) < 4.78 is 32.1. The van der Waals surface area contributed by atoms with Crippen molar-refractivity contribution in [3.05, 3.63) is 28.2 Å². The fraction of sp³-hybridized carbons (Fsp3) is 0.417. The van der Waals surface area contributed by atoms with Crippen LogP contribution in [0.2, 0.25) is 0 Å². The van der Waals surface area contributed by atoms with Gasteiger partial charge in [-0.15, -0.1) is 0 Å². The van der Waals surface area contributed by atoms with E-state index in [-0.39, 0.29) is 22.8 Å². The number of anilines is 1. The second-order valence-electron chi connectivity index (χ2n) is 4.29. The van der Waals surface area contributed by atoms with Crippen LogP contribution >= 0.6 is 15.9 Å². The predicted octanol–water partition coefficient (Wildman–Crippen LogP) is 2.77. The summed E-state index contributed by atoms with van der Waals surface area (Å²) in [4.78, 5) is 10.7. The van der Waals surface area contributed by atoms with Gasteiger partial charge in [-0.05, 0) is 34.8 Å². The first kappa shape index (κ1) is 14.2. The summed E-state index contributed by atoms with van der Waals surface area (Å²) >= 11 is 2.89. The highest BCUT2D eigenvalue weighted by atomic mass is 79.9. The topological polar surface area (TPSA) is 58.6 Å². The molecule has 1 saturated heterocycles. The number of hydrogen-bond acceptors (Lipinski definition) is 3. The van der Waals surface area contributed by atoms with E-state index in [1.165, 1.54) is 0 Å². The molecule has 0 saturated carbocycles.